The maximum absolute atomic E-state index is 14.1. The first kappa shape index (κ1) is 33.9. The zero-order chi connectivity index (χ0) is 31.9. The Kier molecular flexibility index (Phi) is 12.0. The van der Waals surface area contributed by atoms with Gasteiger partial charge < -0.3 is 20.4 Å². The predicted molar refractivity (Wildman–Crippen MR) is 183 cm³/mol. The molecular formula is C37H54ClN5O2. The lowest BCUT2D eigenvalue weighted by molar-refractivity contribution is -0.138. The second kappa shape index (κ2) is 15.9. The number of likely N-dealkylation sites (tertiary alicyclic amines) is 2. The predicted octanol–water partition coefficient (Wildman–Crippen LogP) is 5.47. The number of hydrogen-bond acceptors (Lipinski definition) is 5. The van der Waals surface area contributed by atoms with Gasteiger partial charge in [0, 0.05) is 61.7 Å². The van der Waals surface area contributed by atoms with E-state index < -0.39 is 6.04 Å². The van der Waals surface area contributed by atoms with Crippen LogP contribution in [-0.4, -0.2) is 89.9 Å². The maximum Gasteiger partial charge on any atom is 0.245 e. The van der Waals surface area contributed by atoms with Crippen molar-refractivity contribution in [3.63, 3.8) is 0 Å². The highest BCUT2D eigenvalue weighted by atomic mass is 35.5. The molecule has 2 amide bonds. The lowest BCUT2D eigenvalue weighted by Crippen LogP contribution is -2.56. The molecule has 2 aromatic rings. The standard InChI is InChI=1S/C37H54ClN5O2/c1-26(2)25-43(31-14-19-41(20-15-31)27(3)4)32-16-21-42(22-17-32)37(45)35(23-28-9-11-30(38)12-10-28)40-36(44)24-34-33-8-6-5-7-29(33)13-18-39-34/h5-12,26-27,31-32,34-35,39H,13-25H2,1-4H3,(H,40,44). The summed E-state index contributed by atoms with van der Waals surface area (Å²) in [4.78, 5) is 35.0. The minimum atomic E-state index is -0.610. The molecule has 2 unspecified atom stereocenters. The molecule has 0 aliphatic carbocycles. The van der Waals surface area contributed by atoms with E-state index in [-0.39, 0.29) is 17.9 Å². The molecule has 2 aromatic carbocycles. The summed E-state index contributed by atoms with van der Waals surface area (Å²) in [6.07, 6.45) is 6.13. The second-order valence-corrected chi connectivity index (χ2v) is 14.6. The van der Waals surface area contributed by atoms with Gasteiger partial charge in [0.2, 0.25) is 11.8 Å². The van der Waals surface area contributed by atoms with Crippen molar-refractivity contribution in [1.82, 2.24) is 25.3 Å². The van der Waals surface area contributed by atoms with Crippen LogP contribution < -0.4 is 10.6 Å². The number of nitrogens with one attached hydrogen (secondary N) is 2. The van der Waals surface area contributed by atoms with E-state index in [0.717, 1.165) is 51.0 Å². The van der Waals surface area contributed by atoms with Crippen LogP contribution in [0.5, 0.6) is 0 Å². The van der Waals surface area contributed by atoms with Gasteiger partial charge in [-0.15, -0.1) is 0 Å². The van der Waals surface area contributed by atoms with Crippen molar-refractivity contribution in [2.75, 3.05) is 39.3 Å². The molecule has 7 nitrogen and oxygen atoms in total. The third-order valence-electron chi connectivity index (χ3n) is 10.1. The Balaban J connectivity index is 1.23. The molecule has 2 N–H and O–H groups in total. The molecule has 3 aliphatic heterocycles. The van der Waals surface area contributed by atoms with Crippen LogP contribution in [0.1, 0.15) is 82.5 Å². The number of benzene rings is 2. The molecule has 3 aliphatic rings. The Morgan fingerprint density at radius 1 is 0.933 bits per heavy atom. The lowest BCUT2D eigenvalue weighted by atomic mass is 9.92. The van der Waals surface area contributed by atoms with E-state index in [1.807, 2.05) is 35.2 Å². The first-order valence-electron chi connectivity index (χ1n) is 17.3. The largest absolute Gasteiger partial charge is 0.344 e. The first-order chi connectivity index (χ1) is 21.7. The van der Waals surface area contributed by atoms with Gasteiger partial charge in [-0.2, -0.15) is 0 Å². The van der Waals surface area contributed by atoms with Crippen LogP contribution in [0.25, 0.3) is 0 Å². The van der Waals surface area contributed by atoms with Gasteiger partial charge in [-0.1, -0.05) is 61.8 Å². The van der Waals surface area contributed by atoms with Gasteiger partial charge >= 0.3 is 0 Å². The van der Waals surface area contributed by atoms with Gasteiger partial charge in [0.15, 0.2) is 0 Å². The molecule has 0 saturated carbocycles. The third kappa shape index (κ3) is 9.09. The number of rotatable bonds is 11. The van der Waals surface area contributed by atoms with E-state index in [0.29, 0.717) is 41.9 Å². The van der Waals surface area contributed by atoms with Crippen LogP contribution in [0.3, 0.4) is 0 Å². The molecule has 0 radical (unpaired) electrons. The maximum atomic E-state index is 14.1. The molecule has 2 saturated heterocycles. The van der Waals surface area contributed by atoms with E-state index in [9.17, 15) is 9.59 Å². The highest BCUT2D eigenvalue weighted by molar-refractivity contribution is 6.30. The second-order valence-electron chi connectivity index (χ2n) is 14.1. The summed E-state index contributed by atoms with van der Waals surface area (Å²) in [7, 11) is 0. The monoisotopic (exact) mass is 635 g/mol. The van der Waals surface area contributed by atoms with Crippen molar-refractivity contribution in [1.29, 1.82) is 0 Å². The topological polar surface area (TPSA) is 67.9 Å². The van der Waals surface area contributed by atoms with Crippen LogP contribution in [0.2, 0.25) is 5.02 Å². The molecule has 2 atom stereocenters. The summed E-state index contributed by atoms with van der Waals surface area (Å²) in [5, 5.41) is 7.34. The Morgan fingerprint density at radius 2 is 1.58 bits per heavy atom. The molecule has 8 heteroatoms. The van der Waals surface area contributed by atoms with E-state index in [1.165, 1.54) is 37.1 Å². The fraction of sp³-hybridized carbons (Fsp3) is 0.622. The molecule has 246 valence electrons. The zero-order valence-electron chi connectivity index (χ0n) is 27.8. The number of nitrogens with zero attached hydrogens (tertiary/aromatic N) is 3. The number of carbonyl (C=O) groups is 2. The number of piperidine rings is 2. The van der Waals surface area contributed by atoms with Crippen molar-refractivity contribution in [3.8, 4) is 0 Å². The van der Waals surface area contributed by atoms with Crippen molar-refractivity contribution in [3.05, 3.63) is 70.2 Å². The third-order valence-corrected chi connectivity index (χ3v) is 10.4. The van der Waals surface area contributed by atoms with Crippen LogP contribution in [0.15, 0.2) is 48.5 Å². The van der Waals surface area contributed by atoms with Gasteiger partial charge in [0.25, 0.3) is 0 Å². The molecular weight excluding hydrogens is 582 g/mol. The number of halogens is 1. The number of fused-ring (bicyclic) bond motifs is 1. The number of amides is 2. The SMILES string of the molecule is CC(C)CN(C1CCN(C(=O)C(Cc2ccc(Cl)cc2)NC(=O)CC2NCCc3ccccc32)CC1)C1CCN(C(C)C)CC1. The molecule has 0 aromatic heterocycles. The van der Waals surface area contributed by atoms with Crippen LogP contribution in [-0.2, 0) is 22.4 Å². The summed E-state index contributed by atoms with van der Waals surface area (Å²) in [5.41, 5.74) is 3.47. The lowest BCUT2D eigenvalue weighted by Gasteiger charge is -2.46. The van der Waals surface area contributed by atoms with Crippen molar-refractivity contribution >= 4 is 23.4 Å². The molecule has 5 rings (SSSR count). The molecule has 45 heavy (non-hydrogen) atoms. The summed E-state index contributed by atoms with van der Waals surface area (Å²) in [5.74, 6) is 0.536. The Morgan fingerprint density at radius 3 is 2.22 bits per heavy atom. The van der Waals surface area contributed by atoms with Crippen molar-refractivity contribution in [2.24, 2.45) is 5.92 Å². The minimum absolute atomic E-state index is 0.0226. The molecule has 0 bridgehead atoms. The summed E-state index contributed by atoms with van der Waals surface area (Å²) in [6, 6.07) is 17.0. The molecule has 0 spiro atoms. The van der Waals surface area contributed by atoms with Gasteiger partial charge in [-0.25, -0.2) is 0 Å². The minimum Gasteiger partial charge on any atom is -0.344 e. The average molecular weight is 636 g/mol. The van der Waals surface area contributed by atoms with E-state index in [1.54, 1.807) is 0 Å². The fourth-order valence-corrected chi connectivity index (χ4v) is 7.79. The Labute approximate surface area is 276 Å². The van der Waals surface area contributed by atoms with Gasteiger partial charge in [-0.05, 0) is 100 Å². The average Bonchev–Trinajstić information content (AvgIpc) is 3.04. The van der Waals surface area contributed by atoms with E-state index in [2.05, 4.69) is 66.3 Å². The molecule has 2 fully saturated rings. The highest BCUT2D eigenvalue weighted by Crippen LogP contribution is 2.28. The first-order valence-corrected chi connectivity index (χ1v) is 17.7. The van der Waals surface area contributed by atoms with E-state index >= 15 is 0 Å². The summed E-state index contributed by atoms with van der Waals surface area (Å²) in [6.45, 7) is 15.0. The van der Waals surface area contributed by atoms with E-state index in [4.69, 9.17) is 11.6 Å². The van der Waals surface area contributed by atoms with Crippen LogP contribution in [0, 0.1) is 5.92 Å². The Hall–Kier alpha value is -2.45. The smallest absolute Gasteiger partial charge is 0.245 e. The Bertz CT molecular complexity index is 1250. The van der Waals surface area contributed by atoms with Gasteiger partial charge in [0.1, 0.15) is 6.04 Å². The van der Waals surface area contributed by atoms with Crippen molar-refractivity contribution in [2.45, 2.75) is 103 Å². The van der Waals surface area contributed by atoms with Crippen LogP contribution in [0.4, 0.5) is 0 Å². The normalized spacial score (nSPS) is 20.9. The summed E-state index contributed by atoms with van der Waals surface area (Å²) >= 11 is 6.16. The van der Waals surface area contributed by atoms with Crippen LogP contribution >= 0.6 is 11.6 Å². The fourth-order valence-electron chi connectivity index (χ4n) is 7.66. The van der Waals surface area contributed by atoms with Crippen molar-refractivity contribution < 1.29 is 9.59 Å². The summed E-state index contributed by atoms with van der Waals surface area (Å²) < 4.78 is 0. The quantitative estimate of drug-likeness (QED) is 0.343. The zero-order valence-corrected chi connectivity index (χ0v) is 28.6. The van der Waals surface area contributed by atoms with Gasteiger partial charge in [0.05, 0.1) is 0 Å². The molecule has 3 heterocycles. The van der Waals surface area contributed by atoms with Gasteiger partial charge in [-0.3, -0.25) is 14.5 Å². The number of carbonyl (C=O) groups excluding carboxylic acids is 2. The number of hydrogen-bond donors (Lipinski definition) is 2. The highest BCUT2D eigenvalue weighted by Gasteiger charge is 2.35.